The average Bonchev–Trinajstić information content (AvgIpc) is 2.53. The van der Waals surface area contributed by atoms with E-state index < -0.39 is 5.92 Å². The first kappa shape index (κ1) is 15.0. The highest BCUT2D eigenvalue weighted by atomic mass is 19.1. The highest BCUT2D eigenvalue weighted by Gasteiger charge is 2.36. The molecule has 0 saturated carbocycles. The summed E-state index contributed by atoms with van der Waals surface area (Å²) in [4.78, 5) is 1.94. The monoisotopic (exact) mass is 309 g/mol. The van der Waals surface area contributed by atoms with Crippen LogP contribution in [0, 0.1) is 28.5 Å². The van der Waals surface area contributed by atoms with Crippen LogP contribution in [0.2, 0.25) is 0 Å². The number of anilines is 1. The Balaban J connectivity index is 2.15. The van der Waals surface area contributed by atoms with Gasteiger partial charge >= 0.3 is 0 Å². The van der Waals surface area contributed by atoms with Gasteiger partial charge in [-0.2, -0.15) is 5.26 Å². The summed E-state index contributed by atoms with van der Waals surface area (Å²) in [7, 11) is 3.84. The van der Waals surface area contributed by atoms with Crippen LogP contribution in [0.3, 0.4) is 0 Å². The molecule has 0 fully saturated rings. The topological polar surface area (TPSA) is 60.1 Å². The lowest BCUT2D eigenvalue weighted by Gasteiger charge is -2.31. The third-order valence-electron chi connectivity index (χ3n) is 4.05. The Morgan fingerprint density at radius 1 is 1.17 bits per heavy atom. The molecule has 0 aliphatic carbocycles. The van der Waals surface area contributed by atoms with Gasteiger partial charge in [-0.3, -0.25) is 5.41 Å². The maximum Gasteiger partial charge on any atom is 0.205 e. The molecule has 3 rings (SSSR count). The molecular formula is C18H16FN3O. The molecule has 0 saturated heterocycles. The van der Waals surface area contributed by atoms with Crippen molar-refractivity contribution in [2.75, 3.05) is 19.0 Å². The van der Waals surface area contributed by atoms with Gasteiger partial charge < -0.3 is 9.64 Å². The first-order chi connectivity index (χ1) is 11.0. The van der Waals surface area contributed by atoms with Crippen molar-refractivity contribution in [2.45, 2.75) is 5.92 Å². The zero-order valence-electron chi connectivity index (χ0n) is 12.9. The van der Waals surface area contributed by atoms with Gasteiger partial charge in [-0.15, -0.1) is 0 Å². The van der Waals surface area contributed by atoms with Crippen LogP contribution in [0.4, 0.5) is 10.1 Å². The zero-order chi connectivity index (χ0) is 16.6. The predicted octanol–water partition coefficient (Wildman–Crippen LogP) is 3.53. The van der Waals surface area contributed by atoms with Gasteiger partial charge in [0.15, 0.2) is 0 Å². The van der Waals surface area contributed by atoms with Gasteiger partial charge in [0, 0.05) is 37.3 Å². The lowest BCUT2D eigenvalue weighted by molar-refractivity contribution is 0.450. The second-order valence-electron chi connectivity index (χ2n) is 5.72. The number of hydrogen-bond acceptors (Lipinski definition) is 4. The Bertz CT molecular complexity index is 793. The van der Waals surface area contributed by atoms with Gasteiger partial charge in [-0.25, -0.2) is 4.39 Å². The molecule has 0 spiro atoms. The minimum Gasteiger partial charge on any atom is -0.442 e. The quantitative estimate of drug-likeness (QED) is 0.923. The fourth-order valence-electron chi connectivity index (χ4n) is 2.83. The van der Waals surface area contributed by atoms with Crippen LogP contribution in [-0.4, -0.2) is 20.0 Å². The number of rotatable bonds is 2. The molecule has 2 aromatic carbocycles. The molecule has 1 aliphatic heterocycles. The average molecular weight is 309 g/mol. The smallest absolute Gasteiger partial charge is 0.205 e. The van der Waals surface area contributed by atoms with Crippen LogP contribution in [0.15, 0.2) is 42.5 Å². The van der Waals surface area contributed by atoms with Crippen molar-refractivity contribution in [1.29, 1.82) is 10.7 Å². The van der Waals surface area contributed by atoms with E-state index in [-0.39, 0.29) is 17.6 Å². The van der Waals surface area contributed by atoms with Crippen molar-refractivity contribution in [1.82, 2.24) is 0 Å². The molecular weight excluding hydrogens is 293 g/mol. The molecule has 2 unspecified atom stereocenters. The minimum absolute atomic E-state index is 0.0785. The summed E-state index contributed by atoms with van der Waals surface area (Å²) in [5.41, 5.74) is 2.58. The van der Waals surface area contributed by atoms with Crippen LogP contribution >= 0.6 is 0 Å². The molecule has 5 heteroatoms. The third kappa shape index (κ3) is 2.64. The molecule has 1 heterocycles. The maximum absolute atomic E-state index is 13.2. The van der Waals surface area contributed by atoms with E-state index in [1.165, 1.54) is 12.1 Å². The second kappa shape index (κ2) is 5.73. The summed E-state index contributed by atoms with van der Waals surface area (Å²) >= 11 is 0. The van der Waals surface area contributed by atoms with E-state index in [0.29, 0.717) is 5.75 Å². The SMILES string of the molecule is CN(C)c1ccc2c(c1)OC(=N)C(C#N)C2c1ccc(F)cc1. The Hall–Kier alpha value is -2.87. The zero-order valence-corrected chi connectivity index (χ0v) is 12.9. The molecule has 1 N–H and O–H groups in total. The van der Waals surface area contributed by atoms with Crippen molar-refractivity contribution < 1.29 is 9.13 Å². The van der Waals surface area contributed by atoms with Gasteiger partial charge in [0.05, 0.1) is 6.07 Å². The largest absolute Gasteiger partial charge is 0.442 e. The fourth-order valence-corrected chi connectivity index (χ4v) is 2.83. The number of hydrogen-bond donors (Lipinski definition) is 1. The highest BCUT2D eigenvalue weighted by Crippen LogP contribution is 2.43. The lowest BCUT2D eigenvalue weighted by Crippen LogP contribution is -2.31. The third-order valence-corrected chi connectivity index (χ3v) is 4.05. The molecule has 4 nitrogen and oxygen atoms in total. The molecule has 2 atom stereocenters. The van der Waals surface area contributed by atoms with Crippen LogP contribution in [0.5, 0.6) is 5.75 Å². The molecule has 0 bridgehead atoms. The predicted molar refractivity (Wildman–Crippen MR) is 86.5 cm³/mol. The van der Waals surface area contributed by atoms with Gasteiger partial charge in [-0.05, 0) is 23.8 Å². The maximum atomic E-state index is 13.2. The van der Waals surface area contributed by atoms with Gasteiger partial charge in [0.2, 0.25) is 5.90 Å². The van der Waals surface area contributed by atoms with Crippen molar-refractivity contribution in [3.8, 4) is 11.8 Å². The molecule has 23 heavy (non-hydrogen) atoms. The molecule has 0 aromatic heterocycles. The standard InChI is InChI=1S/C18H16FN3O/c1-22(2)13-7-8-14-16(9-13)23-18(21)15(10-20)17(14)11-3-5-12(19)6-4-11/h3-9,15,17,21H,1-2H3. The van der Waals surface area contributed by atoms with E-state index >= 15 is 0 Å². The molecule has 116 valence electrons. The number of nitrogens with zero attached hydrogens (tertiary/aromatic N) is 2. The number of fused-ring (bicyclic) bond motifs is 1. The summed E-state index contributed by atoms with van der Waals surface area (Å²) in [5, 5.41) is 17.5. The van der Waals surface area contributed by atoms with E-state index in [1.54, 1.807) is 12.1 Å². The van der Waals surface area contributed by atoms with Crippen molar-refractivity contribution >= 4 is 11.6 Å². The molecule has 2 aromatic rings. The summed E-state index contributed by atoms with van der Waals surface area (Å²) < 4.78 is 18.8. The van der Waals surface area contributed by atoms with Crippen LogP contribution in [0.1, 0.15) is 17.0 Å². The van der Waals surface area contributed by atoms with E-state index in [0.717, 1.165) is 16.8 Å². The van der Waals surface area contributed by atoms with Gasteiger partial charge in [-0.1, -0.05) is 18.2 Å². The fraction of sp³-hybridized carbons (Fsp3) is 0.222. The van der Waals surface area contributed by atoms with Gasteiger partial charge in [0.25, 0.3) is 0 Å². The van der Waals surface area contributed by atoms with Crippen LogP contribution < -0.4 is 9.64 Å². The first-order valence-corrected chi connectivity index (χ1v) is 7.24. The summed E-state index contributed by atoms with van der Waals surface area (Å²) in [6.45, 7) is 0. The first-order valence-electron chi connectivity index (χ1n) is 7.24. The van der Waals surface area contributed by atoms with Crippen LogP contribution in [-0.2, 0) is 0 Å². The van der Waals surface area contributed by atoms with Crippen molar-refractivity contribution in [3.05, 3.63) is 59.4 Å². The molecule has 1 aliphatic rings. The summed E-state index contributed by atoms with van der Waals surface area (Å²) in [5.74, 6) is -0.897. The molecule has 0 amide bonds. The Kier molecular flexibility index (Phi) is 3.75. The minimum atomic E-state index is -0.724. The van der Waals surface area contributed by atoms with Gasteiger partial charge in [0.1, 0.15) is 17.5 Å². The van der Waals surface area contributed by atoms with E-state index in [9.17, 15) is 9.65 Å². The Labute approximate surface area is 134 Å². The van der Waals surface area contributed by atoms with E-state index in [4.69, 9.17) is 10.1 Å². The number of benzene rings is 2. The Morgan fingerprint density at radius 3 is 2.48 bits per heavy atom. The molecule has 0 radical (unpaired) electrons. The van der Waals surface area contributed by atoms with Crippen molar-refractivity contribution in [2.24, 2.45) is 5.92 Å². The summed E-state index contributed by atoms with van der Waals surface area (Å²) in [6.07, 6.45) is 0. The van der Waals surface area contributed by atoms with Crippen molar-refractivity contribution in [3.63, 3.8) is 0 Å². The van der Waals surface area contributed by atoms with E-state index in [2.05, 4.69) is 6.07 Å². The van der Waals surface area contributed by atoms with Crippen LogP contribution in [0.25, 0.3) is 0 Å². The number of nitrogens with one attached hydrogen (secondary N) is 1. The number of halogens is 1. The normalized spacial score (nSPS) is 19.5. The highest BCUT2D eigenvalue weighted by molar-refractivity contribution is 5.85. The lowest BCUT2D eigenvalue weighted by atomic mass is 9.79. The second-order valence-corrected chi connectivity index (χ2v) is 5.72. The summed E-state index contributed by atoms with van der Waals surface area (Å²) in [6, 6.07) is 13.9. The van der Waals surface area contributed by atoms with E-state index in [1.807, 2.05) is 37.2 Å². The number of nitriles is 1. The Morgan fingerprint density at radius 2 is 1.87 bits per heavy atom. The number of ether oxygens (including phenoxy) is 1.